The minimum atomic E-state index is 0.106. The summed E-state index contributed by atoms with van der Waals surface area (Å²) in [7, 11) is 0. The average Bonchev–Trinajstić information content (AvgIpc) is 2.24. The minimum absolute atomic E-state index is 0.106. The van der Waals surface area contributed by atoms with Crippen LogP contribution in [0.5, 0.6) is 0 Å². The van der Waals surface area contributed by atoms with Gasteiger partial charge in [-0.1, -0.05) is 19.0 Å². The summed E-state index contributed by atoms with van der Waals surface area (Å²) in [5.41, 5.74) is 4.94. The highest BCUT2D eigenvalue weighted by Gasteiger charge is 1.80. The van der Waals surface area contributed by atoms with Crippen molar-refractivity contribution in [3.05, 3.63) is 6.33 Å². The minimum Gasteiger partial charge on any atom is -0.351 e. The third-order valence-corrected chi connectivity index (χ3v) is 0.378. The lowest BCUT2D eigenvalue weighted by atomic mass is 11.0. The van der Waals surface area contributed by atoms with Gasteiger partial charge in [0.05, 0.1) is 0 Å². The zero-order chi connectivity index (χ0) is 6.41. The molecule has 8 heavy (non-hydrogen) atoms. The Morgan fingerprint density at radius 3 is 2.38 bits per heavy atom. The van der Waals surface area contributed by atoms with E-state index in [4.69, 9.17) is 5.73 Å². The van der Waals surface area contributed by atoms with Crippen molar-refractivity contribution in [3.63, 3.8) is 0 Å². The summed E-state index contributed by atoms with van der Waals surface area (Å²) in [5.74, 6) is 0. The van der Waals surface area contributed by atoms with Crippen LogP contribution in [0.15, 0.2) is 10.9 Å². The molecule has 0 radical (unpaired) electrons. The van der Waals surface area contributed by atoms with Crippen LogP contribution in [0.1, 0.15) is 13.8 Å². The number of aromatic nitrogens is 2. The molecule has 0 saturated heterocycles. The molecule has 1 heterocycles. The second kappa shape index (κ2) is 4.11. The first-order chi connectivity index (χ1) is 3.89. The van der Waals surface area contributed by atoms with Gasteiger partial charge in [-0.2, -0.15) is 4.98 Å². The maximum absolute atomic E-state index is 4.94. The summed E-state index contributed by atoms with van der Waals surface area (Å²) >= 11 is 0. The van der Waals surface area contributed by atoms with Crippen molar-refractivity contribution in [3.8, 4) is 0 Å². The molecule has 2 N–H and O–H groups in total. The van der Waals surface area contributed by atoms with Gasteiger partial charge in [-0.25, -0.2) is 0 Å². The molecule has 0 aliphatic rings. The molecule has 1 rings (SSSR count). The van der Waals surface area contributed by atoms with Crippen molar-refractivity contribution >= 4 is 6.01 Å². The molecule has 0 saturated carbocycles. The Balaban J connectivity index is 0.000000222. The van der Waals surface area contributed by atoms with Gasteiger partial charge in [0.1, 0.15) is 0 Å². The van der Waals surface area contributed by atoms with Crippen molar-refractivity contribution < 1.29 is 4.52 Å². The van der Waals surface area contributed by atoms with Gasteiger partial charge in [-0.3, -0.25) is 0 Å². The van der Waals surface area contributed by atoms with Crippen molar-refractivity contribution in [2.24, 2.45) is 0 Å². The molecule has 0 bridgehead atoms. The molecule has 4 heteroatoms. The molecule has 4 nitrogen and oxygen atoms in total. The van der Waals surface area contributed by atoms with Crippen LogP contribution in [0.25, 0.3) is 0 Å². The van der Waals surface area contributed by atoms with Gasteiger partial charge in [-0.15, -0.1) is 0 Å². The van der Waals surface area contributed by atoms with E-state index in [0.717, 1.165) is 0 Å². The Morgan fingerprint density at radius 2 is 2.25 bits per heavy atom. The molecule has 0 aliphatic carbocycles. The van der Waals surface area contributed by atoms with Crippen LogP contribution in [0.2, 0.25) is 0 Å². The number of nitrogen functional groups attached to an aromatic ring is 1. The fraction of sp³-hybridized carbons (Fsp3) is 0.500. The number of nitrogens with two attached hydrogens (primary N) is 1. The zero-order valence-electron chi connectivity index (χ0n) is 4.96. The van der Waals surface area contributed by atoms with Crippen LogP contribution < -0.4 is 5.73 Å². The topological polar surface area (TPSA) is 64.9 Å². The molecular weight excluding hydrogens is 106 g/mol. The lowest BCUT2D eigenvalue weighted by molar-refractivity contribution is 0.434. The molecule has 46 valence electrons. The van der Waals surface area contributed by atoms with E-state index < -0.39 is 0 Å². The van der Waals surface area contributed by atoms with Gasteiger partial charge >= 0.3 is 6.01 Å². The van der Waals surface area contributed by atoms with E-state index in [1.165, 1.54) is 6.33 Å². The number of rotatable bonds is 0. The van der Waals surface area contributed by atoms with Crippen LogP contribution in [-0.4, -0.2) is 10.1 Å². The summed E-state index contributed by atoms with van der Waals surface area (Å²) in [5, 5.41) is 3.21. The Morgan fingerprint density at radius 1 is 1.62 bits per heavy atom. The average molecular weight is 115 g/mol. The summed E-state index contributed by atoms with van der Waals surface area (Å²) in [6, 6.07) is 0.106. The third-order valence-electron chi connectivity index (χ3n) is 0.378. The van der Waals surface area contributed by atoms with Gasteiger partial charge in [0.15, 0.2) is 6.33 Å². The number of hydrogen-bond donors (Lipinski definition) is 1. The molecule has 0 aromatic carbocycles. The molecule has 0 unspecified atom stereocenters. The lowest BCUT2D eigenvalue weighted by Crippen LogP contribution is -1.79. The summed E-state index contributed by atoms with van der Waals surface area (Å²) in [6.45, 7) is 4.00. The molecule has 1 aromatic rings. The van der Waals surface area contributed by atoms with Gasteiger partial charge < -0.3 is 10.3 Å². The van der Waals surface area contributed by atoms with Crippen LogP contribution in [0.3, 0.4) is 0 Å². The van der Waals surface area contributed by atoms with Gasteiger partial charge in [0.25, 0.3) is 0 Å². The van der Waals surface area contributed by atoms with E-state index in [1.807, 2.05) is 13.8 Å². The highest BCUT2D eigenvalue weighted by Crippen LogP contribution is 1.84. The molecule has 0 spiro atoms. The molecule has 0 amide bonds. The molecule has 1 aromatic heterocycles. The normalized spacial score (nSPS) is 7.25. The van der Waals surface area contributed by atoms with Crippen LogP contribution >= 0.6 is 0 Å². The van der Waals surface area contributed by atoms with E-state index in [1.54, 1.807) is 0 Å². The molecular formula is C4H9N3O. The second-order valence-corrected chi connectivity index (χ2v) is 0.780. The van der Waals surface area contributed by atoms with Gasteiger partial charge in [-0.05, 0) is 0 Å². The standard InChI is InChI=1S/C2H3N3O.C2H6/c3-2-4-1-5-6-2;1-2/h1H,(H2,3,4,5);1-2H3. The quantitative estimate of drug-likeness (QED) is 0.540. The first-order valence-corrected chi connectivity index (χ1v) is 2.42. The van der Waals surface area contributed by atoms with E-state index in [2.05, 4.69) is 14.7 Å². The number of hydrogen-bond acceptors (Lipinski definition) is 4. The van der Waals surface area contributed by atoms with Gasteiger partial charge in [0, 0.05) is 0 Å². The molecule has 0 aliphatic heterocycles. The van der Waals surface area contributed by atoms with Gasteiger partial charge in [0.2, 0.25) is 0 Å². The summed E-state index contributed by atoms with van der Waals surface area (Å²) in [4.78, 5) is 3.42. The van der Waals surface area contributed by atoms with Crippen molar-refractivity contribution in [2.75, 3.05) is 5.73 Å². The second-order valence-electron chi connectivity index (χ2n) is 0.780. The molecule has 0 atom stereocenters. The SMILES string of the molecule is CC.Nc1ncno1. The maximum atomic E-state index is 4.94. The van der Waals surface area contributed by atoms with Crippen molar-refractivity contribution in [2.45, 2.75) is 13.8 Å². The molecule has 0 fully saturated rings. The summed E-state index contributed by atoms with van der Waals surface area (Å²) in [6.07, 6.45) is 1.25. The van der Waals surface area contributed by atoms with E-state index in [0.29, 0.717) is 0 Å². The number of anilines is 1. The van der Waals surface area contributed by atoms with Crippen LogP contribution in [0, 0.1) is 0 Å². The first kappa shape index (κ1) is 6.94. The fourth-order valence-corrected chi connectivity index (χ4v) is 0.182. The Labute approximate surface area is 47.7 Å². The predicted octanol–water partition coefficient (Wildman–Crippen LogP) is 0.678. The van der Waals surface area contributed by atoms with Crippen molar-refractivity contribution in [1.29, 1.82) is 0 Å². The first-order valence-electron chi connectivity index (χ1n) is 2.42. The Hall–Kier alpha value is -1.06. The smallest absolute Gasteiger partial charge is 0.318 e. The van der Waals surface area contributed by atoms with E-state index >= 15 is 0 Å². The highest BCUT2D eigenvalue weighted by atomic mass is 16.5. The lowest BCUT2D eigenvalue weighted by Gasteiger charge is -1.65. The van der Waals surface area contributed by atoms with E-state index in [9.17, 15) is 0 Å². The predicted molar refractivity (Wildman–Crippen MR) is 30.1 cm³/mol. The van der Waals surface area contributed by atoms with Crippen LogP contribution in [-0.2, 0) is 0 Å². The van der Waals surface area contributed by atoms with E-state index in [-0.39, 0.29) is 6.01 Å². The Bertz CT molecular complexity index is 115. The van der Waals surface area contributed by atoms with Crippen LogP contribution in [0.4, 0.5) is 6.01 Å². The maximum Gasteiger partial charge on any atom is 0.318 e. The van der Waals surface area contributed by atoms with Crippen molar-refractivity contribution in [1.82, 2.24) is 10.1 Å². The fourth-order valence-electron chi connectivity index (χ4n) is 0.182. The summed E-state index contributed by atoms with van der Waals surface area (Å²) < 4.78 is 4.25. The number of nitrogens with zero attached hydrogens (tertiary/aromatic N) is 2. The Kier molecular flexibility index (Phi) is 3.56. The zero-order valence-corrected chi connectivity index (χ0v) is 4.96. The largest absolute Gasteiger partial charge is 0.351 e. The third kappa shape index (κ3) is 2.17. The monoisotopic (exact) mass is 115 g/mol. The highest BCUT2D eigenvalue weighted by molar-refractivity contribution is 5.01.